The number of aliphatic hydroxyl groups excluding tert-OH is 1. The number of benzene rings is 1. The lowest BCUT2D eigenvalue weighted by molar-refractivity contribution is 0.122. The molecule has 1 aromatic rings. The van der Waals surface area contributed by atoms with Gasteiger partial charge in [0.1, 0.15) is 0 Å². The van der Waals surface area contributed by atoms with E-state index in [2.05, 4.69) is 0 Å². The number of hydrogen-bond donors (Lipinski definition) is 2. The topological polar surface area (TPSA) is 46.2 Å². The van der Waals surface area contributed by atoms with E-state index in [1.54, 1.807) is 0 Å². The van der Waals surface area contributed by atoms with Gasteiger partial charge in [-0.3, -0.25) is 0 Å². The van der Waals surface area contributed by atoms with Gasteiger partial charge in [-0.1, -0.05) is 23.7 Å². The molecule has 3 heteroatoms. The third-order valence-electron chi connectivity index (χ3n) is 3.08. The fraction of sp³-hybridized carbons (Fsp3) is 0.500. The van der Waals surface area contributed by atoms with Crippen LogP contribution in [0.1, 0.15) is 30.0 Å². The van der Waals surface area contributed by atoms with Gasteiger partial charge < -0.3 is 10.8 Å². The molecule has 0 radical (unpaired) electrons. The molecule has 1 aliphatic rings. The highest BCUT2D eigenvalue weighted by Gasteiger charge is 2.35. The van der Waals surface area contributed by atoms with Crippen LogP contribution in [0.2, 0.25) is 5.02 Å². The highest BCUT2D eigenvalue weighted by Crippen LogP contribution is 2.39. The summed E-state index contributed by atoms with van der Waals surface area (Å²) in [6, 6.07) is 5.34. The predicted octanol–water partition coefficient (Wildman–Crippen LogP) is 2.42. The van der Waals surface area contributed by atoms with Crippen molar-refractivity contribution < 1.29 is 5.11 Å². The maximum Gasteiger partial charge on any atom is 0.0761 e. The Balaban J connectivity index is 2.27. The van der Waals surface area contributed by atoms with Gasteiger partial charge in [-0.05, 0) is 42.9 Å². The Bertz CT molecular complexity index is 342. The van der Waals surface area contributed by atoms with E-state index >= 15 is 0 Å². The van der Waals surface area contributed by atoms with Crippen molar-refractivity contribution >= 4 is 11.6 Å². The van der Waals surface area contributed by atoms with E-state index in [1.807, 2.05) is 25.1 Å². The Morgan fingerprint density at radius 1 is 1.47 bits per heavy atom. The molecular formula is C12H16ClNO. The molecular weight excluding hydrogens is 210 g/mol. The molecule has 0 saturated heterocycles. The van der Waals surface area contributed by atoms with Crippen LogP contribution in [0.5, 0.6) is 0 Å². The lowest BCUT2D eigenvalue weighted by atomic mass is 9.95. The molecule has 0 bridgehead atoms. The summed E-state index contributed by atoms with van der Waals surface area (Å²) in [4.78, 5) is 0. The van der Waals surface area contributed by atoms with Crippen molar-refractivity contribution in [1.82, 2.24) is 0 Å². The van der Waals surface area contributed by atoms with Crippen LogP contribution in [0, 0.1) is 12.8 Å². The van der Waals surface area contributed by atoms with E-state index < -0.39 is 6.10 Å². The van der Waals surface area contributed by atoms with Crippen molar-refractivity contribution in [3.63, 3.8) is 0 Å². The zero-order valence-electron chi connectivity index (χ0n) is 8.78. The Kier molecular flexibility index (Phi) is 3.01. The number of rotatable bonds is 3. The molecule has 0 spiro atoms. The summed E-state index contributed by atoms with van der Waals surface area (Å²) in [5, 5.41) is 10.6. The number of aliphatic hydroxyl groups is 1. The Morgan fingerprint density at radius 3 is 2.67 bits per heavy atom. The zero-order chi connectivity index (χ0) is 11.0. The number of halogens is 1. The summed E-state index contributed by atoms with van der Waals surface area (Å²) in [5.74, 6) is 0.371. The summed E-state index contributed by atoms with van der Waals surface area (Å²) in [6.45, 7) is 1.97. The molecule has 1 saturated carbocycles. The molecule has 0 heterocycles. The standard InChI is InChI=1S/C12H16ClNO/c1-7-3-2-4-9(13)10(7)11(14)12(15)8-5-6-8/h2-4,8,11-12,15H,5-6,14H2,1H3/t11-,12+/m0/s1. The van der Waals surface area contributed by atoms with Crippen LogP contribution in [0.15, 0.2) is 18.2 Å². The van der Waals surface area contributed by atoms with Gasteiger partial charge in [0.15, 0.2) is 0 Å². The van der Waals surface area contributed by atoms with Crippen LogP contribution in [0.25, 0.3) is 0 Å². The van der Waals surface area contributed by atoms with Crippen LogP contribution in [-0.4, -0.2) is 11.2 Å². The van der Waals surface area contributed by atoms with Gasteiger partial charge in [-0.2, -0.15) is 0 Å². The molecule has 0 amide bonds. The average Bonchev–Trinajstić information content (AvgIpc) is 2.99. The van der Waals surface area contributed by atoms with Crippen LogP contribution >= 0.6 is 11.6 Å². The van der Waals surface area contributed by atoms with Gasteiger partial charge in [0.2, 0.25) is 0 Å². The van der Waals surface area contributed by atoms with E-state index in [4.69, 9.17) is 17.3 Å². The average molecular weight is 226 g/mol. The van der Waals surface area contributed by atoms with E-state index in [0.717, 1.165) is 24.0 Å². The SMILES string of the molecule is Cc1cccc(Cl)c1[C@H](N)[C@H](O)C1CC1. The van der Waals surface area contributed by atoms with Gasteiger partial charge in [-0.15, -0.1) is 0 Å². The lowest BCUT2D eigenvalue weighted by Gasteiger charge is -2.21. The third kappa shape index (κ3) is 2.17. The predicted molar refractivity (Wildman–Crippen MR) is 61.8 cm³/mol. The normalized spacial score (nSPS) is 20.0. The van der Waals surface area contributed by atoms with Gasteiger partial charge >= 0.3 is 0 Å². The van der Waals surface area contributed by atoms with Crippen LogP contribution in [-0.2, 0) is 0 Å². The molecule has 3 N–H and O–H groups in total. The molecule has 1 aliphatic carbocycles. The highest BCUT2D eigenvalue weighted by atomic mass is 35.5. The summed E-state index contributed by atoms with van der Waals surface area (Å²) in [7, 11) is 0. The smallest absolute Gasteiger partial charge is 0.0761 e. The maximum absolute atomic E-state index is 9.98. The molecule has 1 aromatic carbocycles. The van der Waals surface area contributed by atoms with Crippen LogP contribution < -0.4 is 5.73 Å². The molecule has 15 heavy (non-hydrogen) atoms. The number of hydrogen-bond acceptors (Lipinski definition) is 2. The summed E-state index contributed by atoms with van der Waals surface area (Å²) in [5.41, 5.74) is 7.98. The first-order chi connectivity index (χ1) is 7.11. The van der Waals surface area contributed by atoms with Gasteiger partial charge in [0.05, 0.1) is 12.1 Å². The maximum atomic E-state index is 9.98. The first-order valence-electron chi connectivity index (χ1n) is 5.30. The monoisotopic (exact) mass is 225 g/mol. The second-order valence-electron chi connectivity index (χ2n) is 4.32. The molecule has 2 nitrogen and oxygen atoms in total. The lowest BCUT2D eigenvalue weighted by Crippen LogP contribution is -2.28. The van der Waals surface area contributed by atoms with Gasteiger partial charge in [0.25, 0.3) is 0 Å². The quantitative estimate of drug-likeness (QED) is 0.830. The van der Waals surface area contributed by atoms with Crippen molar-refractivity contribution in [1.29, 1.82) is 0 Å². The first kappa shape index (κ1) is 10.9. The number of aryl methyl sites for hydroxylation is 1. The summed E-state index contributed by atoms with van der Waals surface area (Å²) >= 11 is 6.10. The second-order valence-corrected chi connectivity index (χ2v) is 4.73. The van der Waals surface area contributed by atoms with E-state index in [9.17, 15) is 5.11 Å². The minimum atomic E-state index is -0.455. The molecule has 2 atom stereocenters. The van der Waals surface area contributed by atoms with E-state index in [0.29, 0.717) is 10.9 Å². The van der Waals surface area contributed by atoms with Gasteiger partial charge in [0, 0.05) is 5.02 Å². The molecule has 1 fully saturated rings. The van der Waals surface area contributed by atoms with E-state index in [1.165, 1.54) is 0 Å². The Morgan fingerprint density at radius 2 is 2.13 bits per heavy atom. The minimum absolute atomic E-state index is 0.355. The van der Waals surface area contributed by atoms with Crippen molar-refractivity contribution in [2.24, 2.45) is 11.7 Å². The van der Waals surface area contributed by atoms with Crippen molar-refractivity contribution in [2.75, 3.05) is 0 Å². The fourth-order valence-corrected chi connectivity index (χ4v) is 2.32. The largest absolute Gasteiger partial charge is 0.391 e. The summed E-state index contributed by atoms with van der Waals surface area (Å²) < 4.78 is 0. The minimum Gasteiger partial charge on any atom is -0.391 e. The zero-order valence-corrected chi connectivity index (χ0v) is 9.54. The van der Waals surface area contributed by atoms with Crippen molar-refractivity contribution in [2.45, 2.75) is 31.9 Å². The van der Waals surface area contributed by atoms with Gasteiger partial charge in [-0.25, -0.2) is 0 Å². The summed E-state index contributed by atoms with van der Waals surface area (Å²) in [6.07, 6.45) is 1.71. The molecule has 82 valence electrons. The van der Waals surface area contributed by atoms with Crippen LogP contribution in [0.4, 0.5) is 0 Å². The Labute approximate surface area is 95.1 Å². The molecule has 2 rings (SSSR count). The first-order valence-corrected chi connectivity index (χ1v) is 5.67. The van der Waals surface area contributed by atoms with E-state index in [-0.39, 0.29) is 6.04 Å². The van der Waals surface area contributed by atoms with Crippen LogP contribution in [0.3, 0.4) is 0 Å². The molecule has 0 aliphatic heterocycles. The third-order valence-corrected chi connectivity index (χ3v) is 3.41. The molecule has 0 unspecified atom stereocenters. The second kappa shape index (κ2) is 4.12. The Hall–Kier alpha value is -0.570. The highest BCUT2D eigenvalue weighted by molar-refractivity contribution is 6.31. The number of nitrogens with two attached hydrogens (primary N) is 1. The fourth-order valence-electron chi connectivity index (χ4n) is 1.97. The molecule has 0 aromatic heterocycles. The van der Waals surface area contributed by atoms with Crippen molar-refractivity contribution in [3.8, 4) is 0 Å². The van der Waals surface area contributed by atoms with Crippen molar-refractivity contribution in [3.05, 3.63) is 34.3 Å².